The van der Waals surface area contributed by atoms with Crippen LogP contribution in [0.5, 0.6) is 0 Å². The van der Waals surface area contributed by atoms with Gasteiger partial charge < -0.3 is 15.5 Å². The number of amides is 3. The molecule has 3 amide bonds. The highest BCUT2D eigenvalue weighted by Crippen LogP contribution is 2.33. The fourth-order valence-electron chi connectivity index (χ4n) is 4.64. The van der Waals surface area contributed by atoms with Crippen molar-refractivity contribution >= 4 is 29.1 Å². The Bertz CT molecular complexity index is 977. The molecule has 30 heavy (non-hydrogen) atoms. The first-order valence-electron chi connectivity index (χ1n) is 10.5. The van der Waals surface area contributed by atoms with Crippen LogP contribution in [-0.2, 0) is 9.59 Å². The standard InChI is InChI=1S/C24H27N3O3/c1-15-11-16(2)14-27(13-15)24(30)18-8-4-6-10-21(18)26-23(29)19-12-22(28)25-20-9-5-3-7-17(19)20/h3-10,15-16,19H,11-14H2,1-2H3,(H,25,28)(H,26,29)/t15-,16-,19-/m1/s1. The summed E-state index contributed by atoms with van der Waals surface area (Å²) in [6, 6.07) is 14.4. The minimum Gasteiger partial charge on any atom is -0.338 e. The second-order valence-electron chi connectivity index (χ2n) is 8.58. The molecule has 2 aromatic carbocycles. The van der Waals surface area contributed by atoms with Crippen molar-refractivity contribution < 1.29 is 14.4 Å². The Morgan fingerprint density at radius 2 is 1.67 bits per heavy atom. The molecule has 0 unspecified atom stereocenters. The zero-order chi connectivity index (χ0) is 21.3. The molecule has 6 nitrogen and oxygen atoms in total. The van der Waals surface area contributed by atoms with E-state index in [0.29, 0.717) is 28.8 Å². The average molecular weight is 405 g/mol. The molecule has 156 valence electrons. The van der Waals surface area contributed by atoms with Gasteiger partial charge in [-0.3, -0.25) is 14.4 Å². The summed E-state index contributed by atoms with van der Waals surface area (Å²) in [7, 11) is 0. The van der Waals surface area contributed by atoms with Crippen molar-refractivity contribution in [3.05, 3.63) is 59.7 Å². The highest BCUT2D eigenvalue weighted by Gasteiger charge is 2.32. The van der Waals surface area contributed by atoms with Crippen molar-refractivity contribution in [2.24, 2.45) is 11.8 Å². The van der Waals surface area contributed by atoms with Crippen molar-refractivity contribution in [2.45, 2.75) is 32.6 Å². The number of carbonyl (C=O) groups excluding carboxylic acids is 3. The smallest absolute Gasteiger partial charge is 0.255 e. The Kier molecular flexibility index (Phi) is 5.57. The lowest BCUT2D eigenvalue weighted by Crippen LogP contribution is -2.42. The molecule has 0 bridgehead atoms. The monoisotopic (exact) mass is 405 g/mol. The summed E-state index contributed by atoms with van der Waals surface area (Å²) in [4.78, 5) is 40.3. The molecule has 6 heteroatoms. The molecule has 3 atom stereocenters. The Balaban J connectivity index is 1.57. The molecule has 0 radical (unpaired) electrons. The van der Waals surface area contributed by atoms with Crippen LogP contribution in [0.2, 0.25) is 0 Å². The number of rotatable bonds is 3. The van der Waals surface area contributed by atoms with Crippen LogP contribution in [0.4, 0.5) is 11.4 Å². The largest absolute Gasteiger partial charge is 0.338 e. The molecule has 0 aliphatic carbocycles. The van der Waals surface area contributed by atoms with Crippen LogP contribution in [0.15, 0.2) is 48.5 Å². The van der Waals surface area contributed by atoms with Gasteiger partial charge in [-0.15, -0.1) is 0 Å². The van der Waals surface area contributed by atoms with E-state index in [0.717, 1.165) is 25.1 Å². The summed E-state index contributed by atoms with van der Waals surface area (Å²) in [6.45, 7) is 5.77. The number of nitrogens with one attached hydrogen (secondary N) is 2. The highest BCUT2D eigenvalue weighted by atomic mass is 16.2. The quantitative estimate of drug-likeness (QED) is 0.814. The summed E-state index contributed by atoms with van der Waals surface area (Å²) < 4.78 is 0. The van der Waals surface area contributed by atoms with Gasteiger partial charge in [0.05, 0.1) is 17.2 Å². The number of anilines is 2. The Morgan fingerprint density at radius 1 is 1.00 bits per heavy atom. The van der Waals surface area contributed by atoms with Gasteiger partial charge in [-0.05, 0) is 42.0 Å². The van der Waals surface area contributed by atoms with Gasteiger partial charge in [0, 0.05) is 25.2 Å². The van der Waals surface area contributed by atoms with Gasteiger partial charge >= 0.3 is 0 Å². The maximum atomic E-state index is 13.2. The van der Waals surface area contributed by atoms with Gasteiger partial charge in [-0.25, -0.2) is 0 Å². The van der Waals surface area contributed by atoms with Crippen LogP contribution in [-0.4, -0.2) is 35.7 Å². The van der Waals surface area contributed by atoms with E-state index in [1.54, 1.807) is 24.3 Å². The van der Waals surface area contributed by atoms with Gasteiger partial charge in [0.1, 0.15) is 0 Å². The van der Waals surface area contributed by atoms with E-state index in [9.17, 15) is 14.4 Å². The summed E-state index contributed by atoms with van der Waals surface area (Å²) in [5.74, 6) is -0.208. The second kappa shape index (κ2) is 8.30. The minimum atomic E-state index is -0.590. The molecule has 2 aromatic rings. The van der Waals surface area contributed by atoms with Crippen LogP contribution in [0.1, 0.15) is 48.5 Å². The predicted molar refractivity (Wildman–Crippen MR) is 116 cm³/mol. The van der Waals surface area contributed by atoms with Gasteiger partial charge in [0.25, 0.3) is 5.91 Å². The zero-order valence-corrected chi connectivity index (χ0v) is 17.4. The molecule has 1 fully saturated rings. The van der Waals surface area contributed by atoms with E-state index in [1.165, 1.54) is 0 Å². The molecular formula is C24H27N3O3. The molecule has 4 rings (SSSR count). The Hall–Kier alpha value is -3.15. The van der Waals surface area contributed by atoms with Gasteiger partial charge in [-0.1, -0.05) is 44.2 Å². The number of carbonyl (C=O) groups is 3. The summed E-state index contributed by atoms with van der Waals surface area (Å²) in [5, 5.41) is 5.73. The second-order valence-corrected chi connectivity index (χ2v) is 8.58. The maximum Gasteiger partial charge on any atom is 0.255 e. The van der Waals surface area contributed by atoms with Gasteiger partial charge in [0.15, 0.2) is 0 Å². The third kappa shape index (κ3) is 4.08. The molecular weight excluding hydrogens is 378 g/mol. The molecule has 2 N–H and O–H groups in total. The van der Waals surface area contributed by atoms with Crippen molar-refractivity contribution in [2.75, 3.05) is 23.7 Å². The Labute approximate surface area is 176 Å². The summed E-state index contributed by atoms with van der Waals surface area (Å²) in [5.41, 5.74) is 2.43. The van der Waals surface area contributed by atoms with E-state index in [-0.39, 0.29) is 24.1 Å². The lowest BCUT2D eigenvalue weighted by molar-refractivity contribution is -0.123. The topological polar surface area (TPSA) is 78.5 Å². The van der Waals surface area contributed by atoms with E-state index >= 15 is 0 Å². The van der Waals surface area contributed by atoms with E-state index < -0.39 is 5.92 Å². The number of hydrogen-bond acceptors (Lipinski definition) is 3. The lowest BCUT2D eigenvalue weighted by atomic mass is 9.89. The third-order valence-electron chi connectivity index (χ3n) is 5.89. The molecule has 2 heterocycles. The van der Waals surface area contributed by atoms with Gasteiger partial charge in [-0.2, -0.15) is 0 Å². The normalized spacial score (nSPS) is 23.3. The van der Waals surface area contributed by atoms with Crippen LogP contribution in [0.3, 0.4) is 0 Å². The third-order valence-corrected chi connectivity index (χ3v) is 5.89. The first-order chi connectivity index (χ1) is 14.4. The molecule has 0 aromatic heterocycles. The molecule has 2 aliphatic rings. The SMILES string of the molecule is C[C@@H]1C[C@@H](C)CN(C(=O)c2ccccc2NC(=O)[C@@H]2CC(=O)Nc3ccccc32)C1. The minimum absolute atomic E-state index is 0.0638. The number of likely N-dealkylation sites (tertiary alicyclic amines) is 1. The highest BCUT2D eigenvalue weighted by molar-refractivity contribution is 6.08. The molecule has 0 spiro atoms. The van der Waals surface area contributed by atoms with E-state index in [1.807, 2.05) is 29.2 Å². The molecule has 2 aliphatic heterocycles. The predicted octanol–water partition coefficient (Wildman–Crippen LogP) is 3.87. The molecule has 1 saturated heterocycles. The zero-order valence-electron chi connectivity index (χ0n) is 17.4. The lowest BCUT2D eigenvalue weighted by Gasteiger charge is -2.35. The van der Waals surface area contributed by atoms with Crippen LogP contribution < -0.4 is 10.6 Å². The van der Waals surface area contributed by atoms with Crippen molar-refractivity contribution in [1.82, 2.24) is 4.90 Å². The number of nitrogens with zero attached hydrogens (tertiary/aromatic N) is 1. The fourth-order valence-corrected chi connectivity index (χ4v) is 4.64. The van der Waals surface area contributed by atoms with Crippen molar-refractivity contribution in [1.29, 1.82) is 0 Å². The number of piperidine rings is 1. The van der Waals surface area contributed by atoms with Crippen LogP contribution >= 0.6 is 0 Å². The number of benzene rings is 2. The van der Waals surface area contributed by atoms with E-state index in [4.69, 9.17) is 0 Å². The van der Waals surface area contributed by atoms with Crippen molar-refractivity contribution in [3.8, 4) is 0 Å². The number of fused-ring (bicyclic) bond motifs is 1. The first kappa shape index (κ1) is 20.1. The van der Waals surface area contributed by atoms with Crippen LogP contribution in [0.25, 0.3) is 0 Å². The molecule has 0 saturated carbocycles. The summed E-state index contributed by atoms with van der Waals surface area (Å²) >= 11 is 0. The number of hydrogen-bond donors (Lipinski definition) is 2. The number of para-hydroxylation sites is 2. The fraction of sp³-hybridized carbons (Fsp3) is 0.375. The van der Waals surface area contributed by atoms with Crippen LogP contribution in [0, 0.1) is 11.8 Å². The average Bonchev–Trinajstić information content (AvgIpc) is 2.72. The van der Waals surface area contributed by atoms with Crippen molar-refractivity contribution in [3.63, 3.8) is 0 Å². The first-order valence-corrected chi connectivity index (χ1v) is 10.5. The maximum absolute atomic E-state index is 13.2. The summed E-state index contributed by atoms with van der Waals surface area (Å²) in [6.07, 6.45) is 1.20. The Morgan fingerprint density at radius 3 is 2.43 bits per heavy atom. The van der Waals surface area contributed by atoms with Gasteiger partial charge in [0.2, 0.25) is 11.8 Å². The van der Waals surface area contributed by atoms with E-state index in [2.05, 4.69) is 24.5 Å².